The molecule has 2 aromatic heterocycles. The van der Waals surface area contributed by atoms with E-state index >= 15 is 0 Å². The molecule has 4 nitrogen and oxygen atoms in total. The first-order valence-corrected chi connectivity index (χ1v) is 5.39. The van der Waals surface area contributed by atoms with Gasteiger partial charge in [-0.2, -0.15) is 0 Å². The molecule has 2 rings (SSSR count). The normalized spacial score (nSPS) is 10.5. The van der Waals surface area contributed by atoms with Gasteiger partial charge in [0.05, 0.1) is 17.7 Å². The predicted octanol–water partition coefficient (Wildman–Crippen LogP) is 2.00. The summed E-state index contributed by atoms with van der Waals surface area (Å²) in [6, 6.07) is 1.80. The molecule has 0 saturated carbocycles. The summed E-state index contributed by atoms with van der Waals surface area (Å²) >= 11 is 1.51. The molecular formula is C10H10N2O2S. The fourth-order valence-corrected chi connectivity index (χ4v) is 2.04. The number of carboxylic acids is 1. The Morgan fingerprint density at radius 2 is 2.47 bits per heavy atom. The van der Waals surface area contributed by atoms with E-state index in [2.05, 4.69) is 4.98 Å². The molecule has 0 atom stereocenters. The maximum Gasteiger partial charge on any atom is 0.352 e. The number of hydrogen-bond donors (Lipinski definition) is 1. The molecule has 2 aromatic rings. The van der Waals surface area contributed by atoms with Crippen LogP contribution in [0.1, 0.15) is 21.7 Å². The minimum absolute atomic E-state index is 0.336. The SMILES string of the molecule is Cc1ccn(Cc2cscn2)c1C(=O)O. The minimum atomic E-state index is -0.896. The molecular weight excluding hydrogens is 212 g/mol. The van der Waals surface area contributed by atoms with Gasteiger partial charge in [0, 0.05) is 11.6 Å². The van der Waals surface area contributed by atoms with Crippen LogP contribution in [0.2, 0.25) is 0 Å². The second kappa shape index (κ2) is 3.86. The molecule has 5 heteroatoms. The molecule has 0 aliphatic carbocycles. The third kappa shape index (κ3) is 1.92. The van der Waals surface area contributed by atoms with E-state index in [-0.39, 0.29) is 0 Å². The van der Waals surface area contributed by atoms with Crippen LogP contribution in [0.3, 0.4) is 0 Å². The highest BCUT2D eigenvalue weighted by Gasteiger charge is 2.13. The van der Waals surface area contributed by atoms with Gasteiger partial charge in [0.1, 0.15) is 5.69 Å². The Labute approximate surface area is 90.8 Å². The maximum atomic E-state index is 11.0. The van der Waals surface area contributed by atoms with Crippen molar-refractivity contribution in [3.63, 3.8) is 0 Å². The maximum absolute atomic E-state index is 11.0. The molecule has 0 spiro atoms. The van der Waals surface area contributed by atoms with Crippen LogP contribution in [0.4, 0.5) is 0 Å². The molecule has 0 aliphatic heterocycles. The summed E-state index contributed by atoms with van der Waals surface area (Å²) in [4.78, 5) is 15.1. The van der Waals surface area contributed by atoms with Crippen molar-refractivity contribution in [1.29, 1.82) is 0 Å². The zero-order chi connectivity index (χ0) is 10.8. The molecule has 0 saturated heterocycles. The van der Waals surface area contributed by atoms with Crippen LogP contribution in [0, 0.1) is 6.92 Å². The number of carbonyl (C=O) groups is 1. The van der Waals surface area contributed by atoms with Crippen molar-refractivity contribution >= 4 is 17.3 Å². The topological polar surface area (TPSA) is 55.1 Å². The van der Waals surface area contributed by atoms with Crippen molar-refractivity contribution in [2.24, 2.45) is 0 Å². The fraction of sp³-hybridized carbons (Fsp3) is 0.200. The van der Waals surface area contributed by atoms with E-state index in [4.69, 9.17) is 5.11 Å². The number of carboxylic acid groups (broad SMARTS) is 1. The number of rotatable bonds is 3. The highest BCUT2D eigenvalue weighted by molar-refractivity contribution is 7.07. The van der Waals surface area contributed by atoms with Crippen LogP contribution in [-0.4, -0.2) is 20.6 Å². The van der Waals surface area contributed by atoms with Gasteiger partial charge in [-0.3, -0.25) is 0 Å². The molecule has 2 heterocycles. The van der Waals surface area contributed by atoms with Gasteiger partial charge in [-0.1, -0.05) is 0 Å². The van der Waals surface area contributed by atoms with Gasteiger partial charge >= 0.3 is 5.97 Å². The summed E-state index contributed by atoms with van der Waals surface area (Å²) in [5.41, 5.74) is 3.74. The molecule has 0 aliphatic rings. The third-order valence-corrected chi connectivity index (χ3v) is 2.82. The van der Waals surface area contributed by atoms with Crippen molar-refractivity contribution in [1.82, 2.24) is 9.55 Å². The minimum Gasteiger partial charge on any atom is -0.477 e. The summed E-state index contributed by atoms with van der Waals surface area (Å²) in [5.74, 6) is -0.896. The first-order valence-electron chi connectivity index (χ1n) is 4.44. The molecule has 1 N–H and O–H groups in total. The Bertz CT molecular complexity index is 474. The van der Waals surface area contributed by atoms with E-state index in [9.17, 15) is 4.79 Å². The van der Waals surface area contributed by atoms with Crippen LogP contribution < -0.4 is 0 Å². The molecule has 0 amide bonds. The Morgan fingerprint density at radius 1 is 1.67 bits per heavy atom. The second-order valence-corrected chi connectivity index (χ2v) is 3.98. The summed E-state index contributed by atoms with van der Waals surface area (Å²) in [6.45, 7) is 2.31. The van der Waals surface area contributed by atoms with Gasteiger partial charge in [-0.15, -0.1) is 11.3 Å². The first kappa shape index (κ1) is 9.92. The van der Waals surface area contributed by atoms with Crippen LogP contribution >= 0.6 is 11.3 Å². The van der Waals surface area contributed by atoms with E-state index in [0.29, 0.717) is 12.2 Å². The van der Waals surface area contributed by atoms with Gasteiger partial charge in [-0.25, -0.2) is 9.78 Å². The zero-order valence-electron chi connectivity index (χ0n) is 8.17. The van der Waals surface area contributed by atoms with E-state index in [1.165, 1.54) is 11.3 Å². The first-order chi connectivity index (χ1) is 7.18. The Hall–Kier alpha value is -1.62. The lowest BCUT2D eigenvalue weighted by molar-refractivity contribution is 0.0685. The monoisotopic (exact) mass is 222 g/mol. The summed E-state index contributed by atoms with van der Waals surface area (Å²) in [6.07, 6.45) is 1.78. The number of thiazole rings is 1. The number of aromatic carboxylic acids is 1. The number of aryl methyl sites for hydroxylation is 1. The van der Waals surface area contributed by atoms with Crippen LogP contribution in [0.25, 0.3) is 0 Å². The highest BCUT2D eigenvalue weighted by atomic mass is 32.1. The molecule has 78 valence electrons. The Balaban J connectivity index is 2.33. The van der Waals surface area contributed by atoms with Crippen molar-refractivity contribution in [3.8, 4) is 0 Å². The zero-order valence-corrected chi connectivity index (χ0v) is 8.99. The molecule has 0 aromatic carbocycles. The number of hydrogen-bond acceptors (Lipinski definition) is 3. The van der Waals surface area contributed by atoms with Gasteiger partial charge in [0.15, 0.2) is 0 Å². The van der Waals surface area contributed by atoms with Gasteiger partial charge in [0.2, 0.25) is 0 Å². The van der Waals surface area contributed by atoms with E-state index < -0.39 is 5.97 Å². The average Bonchev–Trinajstić information content (AvgIpc) is 2.76. The largest absolute Gasteiger partial charge is 0.477 e. The second-order valence-electron chi connectivity index (χ2n) is 3.26. The fourth-order valence-electron chi connectivity index (χ4n) is 1.50. The quantitative estimate of drug-likeness (QED) is 0.864. The van der Waals surface area contributed by atoms with E-state index in [1.54, 1.807) is 29.3 Å². The highest BCUT2D eigenvalue weighted by Crippen LogP contribution is 2.12. The molecule has 0 unspecified atom stereocenters. The van der Waals surface area contributed by atoms with E-state index in [1.807, 2.05) is 5.38 Å². The lowest BCUT2D eigenvalue weighted by atomic mass is 10.3. The Morgan fingerprint density at radius 3 is 3.07 bits per heavy atom. The van der Waals surface area contributed by atoms with Gasteiger partial charge < -0.3 is 9.67 Å². The van der Waals surface area contributed by atoms with Crippen LogP contribution in [0.5, 0.6) is 0 Å². The van der Waals surface area contributed by atoms with E-state index in [0.717, 1.165) is 11.3 Å². The predicted molar refractivity (Wildman–Crippen MR) is 57.3 cm³/mol. The smallest absolute Gasteiger partial charge is 0.352 e. The lowest BCUT2D eigenvalue weighted by Crippen LogP contribution is -2.10. The standard InChI is InChI=1S/C10H10N2O2S/c1-7-2-3-12(9(7)10(13)14)4-8-5-15-6-11-8/h2-3,5-6H,4H2,1H3,(H,13,14). The van der Waals surface area contributed by atoms with Gasteiger partial charge in [-0.05, 0) is 18.6 Å². The molecule has 0 fully saturated rings. The van der Waals surface area contributed by atoms with Crippen LogP contribution in [-0.2, 0) is 6.54 Å². The summed E-state index contributed by atoms with van der Waals surface area (Å²) in [5, 5.41) is 10.9. The van der Waals surface area contributed by atoms with Crippen molar-refractivity contribution in [2.45, 2.75) is 13.5 Å². The summed E-state index contributed by atoms with van der Waals surface area (Å²) < 4.78 is 1.70. The summed E-state index contributed by atoms with van der Waals surface area (Å²) in [7, 11) is 0. The van der Waals surface area contributed by atoms with Crippen molar-refractivity contribution in [3.05, 3.63) is 40.1 Å². The van der Waals surface area contributed by atoms with Crippen LogP contribution in [0.15, 0.2) is 23.2 Å². The van der Waals surface area contributed by atoms with Gasteiger partial charge in [0.25, 0.3) is 0 Å². The Kier molecular flexibility index (Phi) is 2.55. The molecule has 15 heavy (non-hydrogen) atoms. The number of nitrogens with zero attached hydrogens (tertiary/aromatic N) is 2. The van der Waals surface area contributed by atoms with Crippen molar-refractivity contribution < 1.29 is 9.90 Å². The molecule has 0 radical (unpaired) electrons. The lowest BCUT2D eigenvalue weighted by Gasteiger charge is -2.04. The molecule has 0 bridgehead atoms. The third-order valence-electron chi connectivity index (χ3n) is 2.18. The van der Waals surface area contributed by atoms with Crippen molar-refractivity contribution in [2.75, 3.05) is 0 Å². The average molecular weight is 222 g/mol. The number of aromatic nitrogens is 2.